The number of phenolic OH excluding ortho intramolecular Hbond substituents is 1. The molecule has 0 spiro atoms. The van der Waals surface area contributed by atoms with Crippen molar-refractivity contribution in [2.24, 2.45) is 0 Å². The predicted octanol–water partition coefficient (Wildman–Crippen LogP) is 2.25. The third-order valence-electron chi connectivity index (χ3n) is 1.73. The third kappa shape index (κ3) is 2.43. The summed E-state index contributed by atoms with van der Waals surface area (Å²) in [4.78, 5) is 4.15. The van der Waals surface area contributed by atoms with Gasteiger partial charge in [0.15, 0.2) is 0 Å². The second-order valence-electron chi connectivity index (χ2n) is 2.68. The molecule has 2 nitrogen and oxygen atoms in total. The predicted molar refractivity (Wildman–Crippen MR) is 50.2 cm³/mol. The molecule has 2 aromatic rings. The van der Waals surface area contributed by atoms with E-state index in [-0.39, 0.29) is 26.8 Å². The Morgan fingerprint density at radius 2 is 2.07 bits per heavy atom. The Balaban J connectivity index is 0.000000980. The van der Waals surface area contributed by atoms with Crippen LogP contribution in [-0.4, -0.2) is 10.1 Å². The van der Waals surface area contributed by atoms with Gasteiger partial charge in [0.2, 0.25) is 0 Å². The Bertz CT molecular complexity index is 403. The van der Waals surface area contributed by atoms with Crippen LogP contribution in [0.15, 0.2) is 42.6 Å². The van der Waals surface area contributed by atoms with Crippen molar-refractivity contribution < 1.29 is 26.2 Å². The van der Waals surface area contributed by atoms with Gasteiger partial charge in [-0.3, -0.25) is 0 Å². The smallest absolute Gasteiger partial charge is 0.0348 e. The van der Waals surface area contributed by atoms with E-state index in [1.807, 2.05) is 18.2 Å². The summed E-state index contributed by atoms with van der Waals surface area (Å²) >= 11 is 0. The molecular weight excluding hydrogens is 357 g/mol. The van der Waals surface area contributed by atoms with E-state index in [1.165, 1.54) is 0 Å². The fourth-order valence-corrected chi connectivity index (χ4v) is 1.12. The molecular formula is C11H8NOPt-. The zero-order valence-electron chi connectivity index (χ0n) is 7.25. The molecule has 0 saturated heterocycles. The van der Waals surface area contributed by atoms with Crippen LogP contribution < -0.4 is 0 Å². The molecule has 0 aliphatic rings. The minimum atomic E-state index is 0. The van der Waals surface area contributed by atoms with Crippen LogP contribution in [0, 0.1) is 6.07 Å². The Hall–Kier alpha value is -1.14. The Morgan fingerprint density at radius 1 is 1.21 bits per heavy atom. The number of phenols is 1. The molecule has 1 N–H and O–H groups in total. The minimum Gasteiger partial charge on any atom is -0.527 e. The van der Waals surface area contributed by atoms with Gasteiger partial charge < -0.3 is 10.1 Å². The van der Waals surface area contributed by atoms with Crippen molar-refractivity contribution >= 4 is 0 Å². The number of benzene rings is 1. The second-order valence-corrected chi connectivity index (χ2v) is 2.68. The van der Waals surface area contributed by atoms with E-state index in [0.717, 1.165) is 11.3 Å². The van der Waals surface area contributed by atoms with Gasteiger partial charge in [-0.1, -0.05) is 12.1 Å². The molecule has 0 saturated carbocycles. The molecule has 0 amide bonds. The van der Waals surface area contributed by atoms with Gasteiger partial charge in [-0.25, -0.2) is 0 Å². The van der Waals surface area contributed by atoms with Gasteiger partial charge in [-0.05, 0) is 11.8 Å². The van der Waals surface area contributed by atoms with Crippen LogP contribution in [0.2, 0.25) is 0 Å². The van der Waals surface area contributed by atoms with Crippen LogP contribution in [0.3, 0.4) is 0 Å². The largest absolute Gasteiger partial charge is 0.527 e. The first-order valence-corrected chi connectivity index (χ1v) is 3.98. The Morgan fingerprint density at radius 3 is 2.71 bits per heavy atom. The van der Waals surface area contributed by atoms with E-state index in [4.69, 9.17) is 0 Å². The van der Waals surface area contributed by atoms with Crippen molar-refractivity contribution in [2.45, 2.75) is 0 Å². The van der Waals surface area contributed by atoms with Gasteiger partial charge in [0.25, 0.3) is 0 Å². The minimum absolute atomic E-state index is 0. The molecule has 0 atom stereocenters. The summed E-state index contributed by atoms with van der Waals surface area (Å²) in [6, 6.07) is 13.6. The monoisotopic (exact) mass is 365 g/mol. The molecule has 0 aliphatic carbocycles. The zero-order valence-corrected chi connectivity index (χ0v) is 9.52. The van der Waals surface area contributed by atoms with Gasteiger partial charge in [0, 0.05) is 33.0 Å². The molecule has 0 unspecified atom stereocenters. The molecule has 0 fully saturated rings. The number of aromatic hydroxyl groups is 1. The molecule has 0 aliphatic heterocycles. The fourth-order valence-electron chi connectivity index (χ4n) is 1.12. The molecule has 1 aromatic carbocycles. The molecule has 74 valence electrons. The van der Waals surface area contributed by atoms with E-state index < -0.39 is 0 Å². The molecule has 0 bridgehead atoms. The van der Waals surface area contributed by atoms with Crippen molar-refractivity contribution in [3.63, 3.8) is 0 Å². The SMILES string of the molecule is Oc1cc[c-]c(-c2ccccn2)c1.[Pt]. The van der Waals surface area contributed by atoms with Gasteiger partial charge in [-0.15, -0.1) is 29.8 Å². The standard InChI is InChI=1S/C11H8NO.Pt/c13-10-5-3-4-9(8-10)11-6-1-2-7-12-11;/h1-3,5-8,13H;/q-1;. The normalized spacial score (nSPS) is 9.14. The van der Waals surface area contributed by atoms with Crippen molar-refractivity contribution in [3.8, 4) is 17.0 Å². The van der Waals surface area contributed by atoms with Crippen molar-refractivity contribution in [3.05, 3.63) is 48.7 Å². The number of hydrogen-bond donors (Lipinski definition) is 1. The first-order valence-electron chi connectivity index (χ1n) is 3.98. The zero-order chi connectivity index (χ0) is 9.10. The van der Waals surface area contributed by atoms with E-state index >= 15 is 0 Å². The summed E-state index contributed by atoms with van der Waals surface area (Å²) in [5.41, 5.74) is 1.62. The van der Waals surface area contributed by atoms with Crippen LogP contribution in [0.1, 0.15) is 0 Å². The number of pyridine rings is 1. The number of aromatic nitrogens is 1. The molecule has 0 radical (unpaired) electrons. The number of nitrogens with zero attached hydrogens (tertiary/aromatic N) is 1. The maximum atomic E-state index is 9.23. The van der Waals surface area contributed by atoms with Gasteiger partial charge in [0.05, 0.1) is 0 Å². The molecule has 1 heterocycles. The maximum absolute atomic E-state index is 9.23. The van der Waals surface area contributed by atoms with Crippen LogP contribution in [0.25, 0.3) is 11.3 Å². The summed E-state index contributed by atoms with van der Waals surface area (Å²) < 4.78 is 0. The number of hydrogen-bond acceptors (Lipinski definition) is 2. The van der Waals surface area contributed by atoms with Crippen LogP contribution >= 0.6 is 0 Å². The van der Waals surface area contributed by atoms with E-state index in [1.54, 1.807) is 24.4 Å². The Labute approximate surface area is 96.9 Å². The van der Waals surface area contributed by atoms with E-state index in [9.17, 15) is 5.11 Å². The third-order valence-corrected chi connectivity index (χ3v) is 1.73. The quantitative estimate of drug-likeness (QED) is 0.787. The molecule has 3 heteroatoms. The van der Waals surface area contributed by atoms with Crippen LogP contribution in [0.4, 0.5) is 0 Å². The average Bonchev–Trinajstić information content (AvgIpc) is 2.19. The Kier molecular flexibility index (Phi) is 3.84. The summed E-state index contributed by atoms with van der Waals surface area (Å²) in [6.45, 7) is 0. The fraction of sp³-hybridized carbons (Fsp3) is 0. The summed E-state index contributed by atoms with van der Waals surface area (Å²) in [7, 11) is 0. The topological polar surface area (TPSA) is 33.1 Å². The number of rotatable bonds is 1. The summed E-state index contributed by atoms with van der Waals surface area (Å²) in [6.07, 6.45) is 1.72. The van der Waals surface area contributed by atoms with Gasteiger partial charge in [-0.2, -0.15) is 0 Å². The first kappa shape index (κ1) is 10.9. The molecule has 14 heavy (non-hydrogen) atoms. The van der Waals surface area contributed by atoms with Gasteiger partial charge in [0.1, 0.15) is 0 Å². The molecule has 2 rings (SSSR count). The van der Waals surface area contributed by atoms with Crippen molar-refractivity contribution in [2.75, 3.05) is 0 Å². The maximum Gasteiger partial charge on any atom is 0.0348 e. The van der Waals surface area contributed by atoms with Gasteiger partial charge >= 0.3 is 0 Å². The second kappa shape index (κ2) is 4.92. The van der Waals surface area contributed by atoms with E-state index in [0.29, 0.717) is 0 Å². The van der Waals surface area contributed by atoms with Crippen LogP contribution in [-0.2, 0) is 21.1 Å². The first-order chi connectivity index (χ1) is 6.36. The molecule has 1 aromatic heterocycles. The van der Waals surface area contributed by atoms with Crippen molar-refractivity contribution in [1.29, 1.82) is 0 Å². The van der Waals surface area contributed by atoms with E-state index in [2.05, 4.69) is 11.1 Å². The summed E-state index contributed by atoms with van der Waals surface area (Å²) in [5, 5.41) is 9.23. The van der Waals surface area contributed by atoms with Crippen LogP contribution in [0.5, 0.6) is 5.75 Å². The average molecular weight is 365 g/mol. The van der Waals surface area contributed by atoms with Crippen molar-refractivity contribution in [1.82, 2.24) is 4.98 Å². The summed E-state index contributed by atoms with van der Waals surface area (Å²) in [5.74, 6) is 0.236.